The van der Waals surface area contributed by atoms with Gasteiger partial charge in [-0.3, -0.25) is 4.90 Å². The Balaban J connectivity index is 1.57. The molecule has 29 heavy (non-hydrogen) atoms. The van der Waals surface area contributed by atoms with E-state index in [2.05, 4.69) is 22.0 Å². The zero-order valence-corrected chi connectivity index (χ0v) is 15.4. The molecule has 0 radical (unpaired) electrons. The van der Waals surface area contributed by atoms with Crippen LogP contribution in [0.4, 0.5) is 17.6 Å². The van der Waals surface area contributed by atoms with E-state index < -0.39 is 23.3 Å². The summed E-state index contributed by atoms with van der Waals surface area (Å²) in [6.45, 7) is 2.17. The van der Waals surface area contributed by atoms with Crippen molar-refractivity contribution >= 4 is 0 Å². The van der Waals surface area contributed by atoms with Gasteiger partial charge in [0.1, 0.15) is 17.1 Å². The largest absolute Gasteiger partial charge is 0.438 e. The van der Waals surface area contributed by atoms with Gasteiger partial charge in [0.15, 0.2) is 0 Å². The van der Waals surface area contributed by atoms with Crippen LogP contribution < -0.4 is 4.74 Å². The Kier molecular flexibility index (Phi) is 5.24. The minimum absolute atomic E-state index is 0.138. The van der Waals surface area contributed by atoms with Gasteiger partial charge >= 0.3 is 6.18 Å². The molecule has 0 unspecified atom stereocenters. The highest BCUT2D eigenvalue weighted by molar-refractivity contribution is 5.43. The summed E-state index contributed by atoms with van der Waals surface area (Å²) in [5.41, 5.74) is 1.79. The van der Waals surface area contributed by atoms with E-state index in [0.29, 0.717) is 19.0 Å². The van der Waals surface area contributed by atoms with Crippen molar-refractivity contribution in [1.29, 1.82) is 0 Å². The molecule has 2 aromatic carbocycles. The molecule has 0 N–H and O–H groups in total. The highest BCUT2D eigenvalue weighted by Gasteiger charge is 2.35. The molecule has 7 heteroatoms. The molecule has 0 amide bonds. The molecule has 150 valence electrons. The average molecular weight is 402 g/mol. The topological polar surface area (TPSA) is 25.4 Å². The molecule has 1 aromatic heterocycles. The molecular weight excluding hydrogens is 384 g/mol. The third kappa shape index (κ3) is 4.40. The number of hydrogen-bond acceptors (Lipinski definition) is 3. The van der Waals surface area contributed by atoms with Crippen LogP contribution in [0.25, 0.3) is 0 Å². The molecule has 0 atom stereocenters. The molecule has 0 spiro atoms. The predicted molar refractivity (Wildman–Crippen MR) is 100.0 cm³/mol. The van der Waals surface area contributed by atoms with E-state index in [0.717, 1.165) is 36.3 Å². The van der Waals surface area contributed by atoms with E-state index in [9.17, 15) is 17.6 Å². The first-order valence-corrected chi connectivity index (χ1v) is 9.18. The highest BCUT2D eigenvalue weighted by Crippen LogP contribution is 2.39. The predicted octanol–water partition coefficient (Wildman–Crippen LogP) is 5.59. The lowest BCUT2D eigenvalue weighted by Gasteiger charge is -2.29. The van der Waals surface area contributed by atoms with Crippen LogP contribution in [0.2, 0.25) is 0 Å². The second-order valence-corrected chi connectivity index (χ2v) is 6.94. The number of benzene rings is 2. The van der Waals surface area contributed by atoms with Crippen molar-refractivity contribution in [2.24, 2.45) is 0 Å². The molecule has 0 aliphatic carbocycles. The number of fused-ring (bicyclic) bond motifs is 1. The smallest absolute Gasteiger partial charge is 0.420 e. The van der Waals surface area contributed by atoms with Crippen LogP contribution in [-0.4, -0.2) is 16.4 Å². The molecule has 3 nitrogen and oxygen atoms in total. The van der Waals surface area contributed by atoms with Crippen LogP contribution in [0.5, 0.6) is 11.6 Å². The van der Waals surface area contributed by atoms with Gasteiger partial charge in [-0.05, 0) is 41.8 Å². The first-order valence-electron chi connectivity index (χ1n) is 9.18. The van der Waals surface area contributed by atoms with Crippen LogP contribution in [0, 0.1) is 5.82 Å². The molecule has 0 bridgehead atoms. The lowest BCUT2D eigenvalue weighted by molar-refractivity contribution is -0.138. The summed E-state index contributed by atoms with van der Waals surface area (Å²) in [4.78, 5) is 6.40. The van der Waals surface area contributed by atoms with Crippen molar-refractivity contribution < 1.29 is 22.3 Å². The molecule has 0 saturated carbocycles. The third-order valence-electron chi connectivity index (χ3n) is 4.89. The number of rotatable bonds is 4. The number of hydrogen-bond donors (Lipinski definition) is 0. The number of halogens is 4. The summed E-state index contributed by atoms with van der Waals surface area (Å²) in [6.07, 6.45) is -2.59. The van der Waals surface area contributed by atoms with Gasteiger partial charge in [-0.1, -0.05) is 30.3 Å². The summed E-state index contributed by atoms with van der Waals surface area (Å²) in [5.74, 6) is -1.28. The lowest BCUT2D eigenvalue weighted by atomic mass is 10.0. The lowest BCUT2D eigenvalue weighted by Crippen LogP contribution is -2.30. The van der Waals surface area contributed by atoms with Crippen molar-refractivity contribution in [1.82, 2.24) is 9.88 Å². The molecule has 4 rings (SSSR count). The normalized spacial score (nSPS) is 14.5. The Morgan fingerprint density at radius 3 is 2.59 bits per heavy atom. The van der Waals surface area contributed by atoms with Crippen LogP contribution in [-0.2, 0) is 25.7 Å². The van der Waals surface area contributed by atoms with Crippen LogP contribution in [0.1, 0.15) is 22.3 Å². The minimum atomic E-state index is -4.72. The molecule has 0 saturated heterocycles. The van der Waals surface area contributed by atoms with Crippen molar-refractivity contribution in [2.45, 2.75) is 25.7 Å². The summed E-state index contributed by atoms with van der Waals surface area (Å²) in [7, 11) is 0. The molecule has 3 aromatic rings. The summed E-state index contributed by atoms with van der Waals surface area (Å²) >= 11 is 0. The van der Waals surface area contributed by atoms with Crippen molar-refractivity contribution in [3.8, 4) is 11.6 Å². The minimum Gasteiger partial charge on any atom is -0.438 e. The van der Waals surface area contributed by atoms with Gasteiger partial charge in [-0.15, -0.1) is 0 Å². The Morgan fingerprint density at radius 1 is 1.03 bits per heavy atom. The fourth-order valence-electron chi connectivity index (χ4n) is 3.50. The summed E-state index contributed by atoms with van der Waals surface area (Å²) in [5, 5.41) is 0. The number of aromatic nitrogens is 1. The Hall–Kier alpha value is -2.93. The Morgan fingerprint density at radius 2 is 1.83 bits per heavy atom. The van der Waals surface area contributed by atoms with E-state index in [4.69, 9.17) is 4.74 Å². The molecule has 0 fully saturated rings. The second kappa shape index (κ2) is 7.83. The first-order chi connectivity index (χ1) is 13.9. The zero-order valence-electron chi connectivity index (χ0n) is 15.4. The van der Waals surface area contributed by atoms with Crippen LogP contribution in [0.15, 0.2) is 60.8 Å². The third-order valence-corrected chi connectivity index (χ3v) is 4.89. The summed E-state index contributed by atoms with van der Waals surface area (Å²) < 4.78 is 58.6. The zero-order chi connectivity index (χ0) is 20.4. The van der Waals surface area contributed by atoms with Crippen LogP contribution in [0.3, 0.4) is 0 Å². The van der Waals surface area contributed by atoms with Gasteiger partial charge < -0.3 is 4.74 Å². The number of ether oxygens (including phenoxy) is 1. The van der Waals surface area contributed by atoms with E-state index in [1.54, 1.807) is 0 Å². The first kappa shape index (κ1) is 19.4. The number of nitrogens with zero attached hydrogens (tertiary/aromatic N) is 2. The van der Waals surface area contributed by atoms with Gasteiger partial charge in [-0.25, -0.2) is 9.37 Å². The van der Waals surface area contributed by atoms with Crippen molar-refractivity contribution in [3.05, 3.63) is 88.9 Å². The molecule has 1 aliphatic rings. The quantitative estimate of drug-likeness (QED) is 0.532. The Bertz CT molecular complexity index is 1010. The SMILES string of the molecule is Fc1ccc(Oc2nccc3c2CCN(Cc2ccccc2)C3)c(C(F)(F)F)c1. The fraction of sp³-hybridized carbons (Fsp3) is 0.227. The maximum Gasteiger partial charge on any atom is 0.420 e. The Labute approximate surface area is 165 Å². The maximum absolute atomic E-state index is 13.3. The summed E-state index contributed by atoms with van der Waals surface area (Å²) in [6, 6.07) is 14.3. The van der Waals surface area contributed by atoms with E-state index in [-0.39, 0.29) is 5.88 Å². The van der Waals surface area contributed by atoms with Gasteiger partial charge in [0.2, 0.25) is 5.88 Å². The van der Waals surface area contributed by atoms with E-state index in [1.807, 2.05) is 24.3 Å². The van der Waals surface area contributed by atoms with Crippen molar-refractivity contribution in [2.75, 3.05) is 6.54 Å². The maximum atomic E-state index is 13.3. The molecule has 2 heterocycles. The van der Waals surface area contributed by atoms with Crippen LogP contribution >= 0.6 is 0 Å². The standard InChI is InChI=1S/C22H18F4N2O/c23-17-6-7-20(19(12-17)22(24,25)26)29-21-18-9-11-28(14-16(18)8-10-27-21)13-15-4-2-1-3-5-15/h1-8,10,12H,9,11,13-14H2. The molecular formula is C22H18F4N2O. The van der Waals surface area contributed by atoms with Crippen molar-refractivity contribution in [3.63, 3.8) is 0 Å². The van der Waals surface area contributed by atoms with Gasteiger partial charge in [0.25, 0.3) is 0 Å². The number of pyridine rings is 1. The molecule has 1 aliphatic heterocycles. The highest BCUT2D eigenvalue weighted by atomic mass is 19.4. The number of alkyl halides is 3. The van der Waals surface area contributed by atoms with Gasteiger partial charge in [0, 0.05) is 31.4 Å². The van der Waals surface area contributed by atoms with Gasteiger partial charge in [-0.2, -0.15) is 13.2 Å². The average Bonchev–Trinajstić information content (AvgIpc) is 2.69. The van der Waals surface area contributed by atoms with E-state index >= 15 is 0 Å². The second-order valence-electron chi connectivity index (χ2n) is 6.94. The van der Waals surface area contributed by atoms with E-state index in [1.165, 1.54) is 11.8 Å². The van der Waals surface area contributed by atoms with Gasteiger partial charge in [0.05, 0.1) is 0 Å². The fourth-order valence-corrected chi connectivity index (χ4v) is 3.50. The monoisotopic (exact) mass is 402 g/mol.